The molecule has 0 rings (SSSR count). The summed E-state index contributed by atoms with van der Waals surface area (Å²) in [6.07, 6.45) is 0. The van der Waals surface area contributed by atoms with Gasteiger partial charge >= 0.3 is 9.53 Å². The number of hydrogen-bond acceptors (Lipinski definition) is 4. The average Bonchev–Trinajstić information content (AvgIpc) is 1.96. The van der Waals surface area contributed by atoms with Crippen molar-refractivity contribution in [1.29, 1.82) is 0 Å². The first-order valence-corrected chi connectivity index (χ1v) is 5.08. The summed E-state index contributed by atoms with van der Waals surface area (Å²) in [5.41, 5.74) is 0. The summed E-state index contributed by atoms with van der Waals surface area (Å²) in [7, 11) is 3.85. The molecule has 6 heteroatoms. The Hall–Kier alpha value is 0.274. The molecule has 0 atom stereocenters. The third kappa shape index (κ3) is 8.27. The molecule has 0 aromatic rings. The summed E-state index contributed by atoms with van der Waals surface area (Å²) in [6.45, 7) is 0. The minimum atomic E-state index is -1.67. The van der Waals surface area contributed by atoms with Crippen LogP contribution in [0.15, 0.2) is 0 Å². The number of hydrogen-bond donors (Lipinski definition) is 1. The Morgan fingerprint density at radius 1 is 1.00 bits per heavy atom. The topological polar surface area (TPSA) is 53.7 Å². The molecule has 0 aliphatic heterocycles. The first-order chi connectivity index (χ1) is 4.35. The second kappa shape index (κ2) is 11.1. The molecule has 58 valence electrons. The quantitative estimate of drug-likeness (QED) is 0.490. The Morgan fingerprint density at radius 3 is 1.22 bits per heavy atom. The van der Waals surface area contributed by atoms with Gasteiger partial charge in [0.15, 0.2) is 0 Å². The van der Waals surface area contributed by atoms with Crippen molar-refractivity contribution >= 4 is 19.9 Å². The van der Waals surface area contributed by atoms with Crippen molar-refractivity contribution in [2.75, 3.05) is 21.3 Å². The molecule has 2 N–H and O–H groups in total. The third-order valence-electron chi connectivity index (χ3n) is 0.577. The van der Waals surface area contributed by atoms with Crippen LogP contribution in [0.2, 0.25) is 0 Å². The molecule has 0 aliphatic rings. The Balaban J connectivity index is 0. The maximum Gasteiger partial charge on any atom is 0.483 e. The molecule has 0 aromatic carbocycles. The first-order valence-electron chi connectivity index (χ1n) is 2.51. The van der Waals surface area contributed by atoms with E-state index < -0.39 is 9.53 Å². The summed E-state index contributed by atoms with van der Waals surface area (Å²) < 4.78 is 14.2. The zero-order valence-corrected chi connectivity index (χ0v) is 9.53. The van der Waals surface area contributed by atoms with E-state index in [2.05, 4.69) is 5.40 Å². The summed E-state index contributed by atoms with van der Waals surface area (Å²) in [5.74, 6) is 0. The lowest BCUT2D eigenvalue weighted by atomic mass is 11.8. The van der Waals surface area contributed by atoms with Gasteiger partial charge in [-0.15, -0.1) is 0 Å². The molecule has 0 heterocycles. The van der Waals surface area contributed by atoms with Crippen molar-refractivity contribution < 1.29 is 13.3 Å². The molecule has 0 radical (unpaired) electrons. The van der Waals surface area contributed by atoms with Crippen molar-refractivity contribution in [2.45, 2.75) is 0 Å². The lowest BCUT2D eigenvalue weighted by molar-refractivity contribution is 0.163. The zero-order valence-electron chi connectivity index (χ0n) is 6.38. The van der Waals surface area contributed by atoms with Gasteiger partial charge in [0.2, 0.25) is 0 Å². The maximum absolute atomic E-state index is 4.74. The molecule has 0 saturated carbocycles. The van der Waals surface area contributed by atoms with E-state index in [0.29, 0.717) is 0 Å². The largest absolute Gasteiger partial charge is 0.483 e. The minimum Gasteiger partial charge on any atom is -0.379 e. The van der Waals surface area contributed by atoms with Crippen molar-refractivity contribution in [3.63, 3.8) is 0 Å². The number of nitrogens with two attached hydrogens (primary N) is 1. The van der Waals surface area contributed by atoms with E-state index in [4.69, 9.17) is 13.3 Å². The average molecular weight is 169 g/mol. The van der Waals surface area contributed by atoms with Crippen molar-refractivity contribution in [3.05, 3.63) is 0 Å². The highest BCUT2D eigenvalue weighted by Gasteiger charge is 2.04. The van der Waals surface area contributed by atoms with Gasteiger partial charge in [-0.3, -0.25) is 0 Å². The SMILES string of the molecule is CO[SiH](OC)OC.N[SiH3]. The fraction of sp³-hybridized carbons (Fsp3) is 1.00. The molecular weight excluding hydrogens is 154 g/mol. The molecule has 4 nitrogen and oxygen atoms in total. The van der Waals surface area contributed by atoms with E-state index >= 15 is 0 Å². The van der Waals surface area contributed by atoms with Gasteiger partial charge in [-0.1, -0.05) is 0 Å². The van der Waals surface area contributed by atoms with Gasteiger partial charge < -0.3 is 18.7 Å². The van der Waals surface area contributed by atoms with Crippen molar-refractivity contribution in [3.8, 4) is 0 Å². The maximum atomic E-state index is 4.74. The lowest BCUT2D eigenvalue weighted by Crippen LogP contribution is -2.21. The Bertz CT molecular complexity index is 38.5. The minimum absolute atomic E-state index is 0.806. The molecule has 9 heavy (non-hydrogen) atoms. The third-order valence-corrected chi connectivity index (χ3v) is 1.73. The molecule has 0 amide bonds. The van der Waals surface area contributed by atoms with Crippen molar-refractivity contribution in [2.24, 2.45) is 5.40 Å². The van der Waals surface area contributed by atoms with Crippen LogP contribution in [-0.4, -0.2) is 41.3 Å². The first kappa shape index (κ1) is 12.0. The van der Waals surface area contributed by atoms with E-state index in [1.165, 1.54) is 0 Å². The second-order valence-electron chi connectivity index (χ2n) is 0.996. The van der Waals surface area contributed by atoms with Gasteiger partial charge in [0.1, 0.15) is 0 Å². The fourth-order valence-corrected chi connectivity index (χ4v) is 0.866. The van der Waals surface area contributed by atoms with Crippen LogP contribution in [0, 0.1) is 0 Å². The van der Waals surface area contributed by atoms with Crippen LogP contribution in [0.1, 0.15) is 0 Å². The summed E-state index contributed by atoms with van der Waals surface area (Å²) in [6, 6.07) is 0. The fourth-order valence-electron chi connectivity index (χ4n) is 0.289. The smallest absolute Gasteiger partial charge is 0.379 e. The molecule has 0 saturated heterocycles. The van der Waals surface area contributed by atoms with E-state index in [0.717, 1.165) is 10.4 Å². The summed E-state index contributed by atoms with van der Waals surface area (Å²) >= 11 is 0. The van der Waals surface area contributed by atoms with E-state index in [1.807, 2.05) is 0 Å². The highest BCUT2D eigenvalue weighted by molar-refractivity contribution is 6.36. The van der Waals surface area contributed by atoms with Gasteiger partial charge in [-0.2, -0.15) is 0 Å². The van der Waals surface area contributed by atoms with Crippen LogP contribution in [0.4, 0.5) is 0 Å². The van der Waals surface area contributed by atoms with E-state index in [-0.39, 0.29) is 0 Å². The summed E-state index contributed by atoms with van der Waals surface area (Å²) in [4.78, 5) is 0. The summed E-state index contributed by atoms with van der Waals surface area (Å²) in [5, 5.41) is 4.64. The monoisotopic (exact) mass is 169 g/mol. The van der Waals surface area contributed by atoms with Crippen molar-refractivity contribution in [1.82, 2.24) is 0 Å². The van der Waals surface area contributed by atoms with E-state index in [9.17, 15) is 0 Å². The van der Waals surface area contributed by atoms with Crippen LogP contribution in [0.25, 0.3) is 0 Å². The second-order valence-corrected chi connectivity index (χ2v) is 2.99. The lowest BCUT2D eigenvalue weighted by Gasteiger charge is -2.05. The normalized spacial score (nSPS) is 9.00. The predicted molar refractivity (Wildman–Crippen MR) is 42.3 cm³/mol. The highest BCUT2D eigenvalue weighted by Crippen LogP contribution is 1.81. The van der Waals surface area contributed by atoms with Gasteiger partial charge in [-0.25, -0.2) is 0 Å². The molecule has 0 unspecified atom stereocenters. The molecule has 0 aromatic heterocycles. The standard InChI is InChI=1S/C3H10O3Si.H5NSi/c1-4-7(5-2)6-3;1-2/h7H,1-3H3;1H2,2H3. The van der Waals surface area contributed by atoms with Crippen LogP contribution in [-0.2, 0) is 13.3 Å². The van der Waals surface area contributed by atoms with E-state index in [1.54, 1.807) is 21.3 Å². The predicted octanol–water partition coefficient (Wildman–Crippen LogP) is -2.13. The van der Waals surface area contributed by atoms with Gasteiger partial charge in [0.25, 0.3) is 0 Å². The molecular formula is C3H15NO3Si2. The van der Waals surface area contributed by atoms with Gasteiger partial charge in [-0.05, 0) is 0 Å². The zero-order chi connectivity index (χ0) is 7.70. The molecule has 0 bridgehead atoms. The van der Waals surface area contributed by atoms with Gasteiger partial charge in [0.05, 0.1) is 10.4 Å². The Morgan fingerprint density at radius 2 is 1.22 bits per heavy atom. The molecule has 0 aliphatic carbocycles. The van der Waals surface area contributed by atoms with Crippen LogP contribution in [0.5, 0.6) is 0 Å². The Kier molecular flexibility index (Phi) is 14.8. The van der Waals surface area contributed by atoms with Crippen LogP contribution in [0.3, 0.4) is 0 Å². The molecule has 0 spiro atoms. The highest BCUT2D eigenvalue weighted by atomic mass is 28.3. The van der Waals surface area contributed by atoms with Crippen LogP contribution < -0.4 is 5.40 Å². The van der Waals surface area contributed by atoms with Gasteiger partial charge in [0, 0.05) is 21.3 Å². The number of rotatable bonds is 3. The molecule has 0 fully saturated rings. The van der Waals surface area contributed by atoms with Crippen LogP contribution >= 0.6 is 0 Å². The Labute approximate surface area is 60.8 Å².